The van der Waals surface area contributed by atoms with Gasteiger partial charge in [-0.15, -0.1) is 0 Å². The lowest BCUT2D eigenvalue weighted by Crippen LogP contribution is -2.03. The van der Waals surface area contributed by atoms with Gasteiger partial charge in [0.25, 0.3) is 0 Å². The molecule has 5 nitrogen and oxygen atoms in total. The average Bonchev–Trinajstić information content (AvgIpc) is 2.38. The standard InChI is InChI=1S/C12H9ClN2O3/c1-18-8-4-2-7(3-5-8)11-14-9(12(16)17)6-10(13)15-11/h2-6H,1H3,(H,16,17). The molecule has 1 aromatic heterocycles. The van der Waals surface area contributed by atoms with Crippen molar-refractivity contribution in [1.29, 1.82) is 0 Å². The number of aromatic nitrogens is 2. The molecule has 0 atom stereocenters. The molecule has 2 aromatic rings. The fourth-order valence-corrected chi connectivity index (χ4v) is 1.58. The lowest BCUT2D eigenvalue weighted by atomic mass is 10.2. The molecule has 6 heteroatoms. The quantitative estimate of drug-likeness (QED) is 0.863. The molecule has 0 aliphatic rings. The molecule has 0 fully saturated rings. The SMILES string of the molecule is COc1ccc(-c2nc(Cl)cc(C(=O)O)n2)cc1. The predicted octanol–water partition coefficient (Wildman–Crippen LogP) is 2.50. The smallest absolute Gasteiger partial charge is 0.354 e. The molecule has 0 aliphatic heterocycles. The summed E-state index contributed by atoms with van der Waals surface area (Å²) in [5.41, 5.74) is 0.529. The Kier molecular flexibility index (Phi) is 3.43. The minimum atomic E-state index is -1.14. The molecule has 1 heterocycles. The number of rotatable bonds is 3. The van der Waals surface area contributed by atoms with Crippen LogP contribution in [0, 0.1) is 0 Å². The monoisotopic (exact) mass is 264 g/mol. The van der Waals surface area contributed by atoms with Gasteiger partial charge >= 0.3 is 5.97 Å². The van der Waals surface area contributed by atoms with Gasteiger partial charge < -0.3 is 9.84 Å². The topological polar surface area (TPSA) is 72.3 Å². The molecule has 92 valence electrons. The van der Waals surface area contributed by atoms with Gasteiger partial charge in [-0.25, -0.2) is 14.8 Å². The van der Waals surface area contributed by atoms with Crippen LogP contribution in [0.1, 0.15) is 10.5 Å². The largest absolute Gasteiger partial charge is 0.497 e. The van der Waals surface area contributed by atoms with Crippen molar-refractivity contribution < 1.29 is 14.6 Å². The van der Waals surface area contributed by atoms with Crippen molar-refractivity contribution in [3.63, 3.8) is 0 Å². The van der Waals surface area contributed by atoms with Gasteiger partial charge in [-0.3, -0.25) is 0 Å². The number of carboxylic acids is 1. The molecule has 0 spiro atoms. The molecule has 0 radical (unpaired) electrons. The van der Waals surface area contributed by atoms with Crippen molar-refractivity contribution in [2.45, 2.75) is 0 Å². The Balaban J connectivity index is 2.46. The number of aromatic carboxylic acids is 1. The number of hydrogen-bond acceptors (Lipinski definition) is 4. The zero-order chi connectivity index (χ0) is 13.1. The van der Waals surface area contributed by atoms with Crippen LogP contribution in [0.25, 0.3) is 11.4 Å². The number of carboxylic acid groups (broad SMARTS) is 1. The van der Waals surface area contributed by atoms with Crippen LogP contribution in [-0.4, -0.2) is 28.2 Å². The molecule has 2 rings (SSSR count). The van der Waals surface area contributed by atoms with E-state index in [0.29, 0.717) is 11.3 Å². The second-order valence-corrected chi connectivity index (χ2v) is 3.82. The lowest BCUT2D eigenvalue weighted by molar-refractivity contribution is 0.0690. The first-order chi connectivity index (χ1) is 8.60. The van der Waals surface area contributed by atoms with Crippen LogP contribution in [0.2, 0.25) is 5.15 Å². The van der Waals surface area contributed by atoms with E-state index in [-0.39, 0.29) is 16.7 Å². The third-order valence-corrected chi connectivity index (χ3v) is 2.46. The Morgan fingerprint density at radius 1 is 1.28 bits per heavy atom. The van der Waals surface area contributed by atoms with E-state index in [0.717, 1.165) is 0 Å². The van der Waals surface area contributed by atoms with Crippen LogP contribution >= 0.6 is 11.6 Å². The highest BCUT2D eigenvalue weighted by Crippen LogP contribution is 2.21. The van der Waals surface area contributed by atoms with E-state index in [2.05, 4.69) is 9.97 Å². The summed E-state index contributed by atoms with van der Waals surface area (Å²) in [6.07, 6.45) is 0. The van der Waals surface area contributed by atoms with E-state index in [4.69, 9.17) is 21.4 Å². The molecule has 1 N–H and O–H groups in total. The molecule has 0 unspecified atom stereocenters. The second kappa shape index (κ2) is 5.01. The van der Waals surface area contributed by atoms with Gasteiger partial charge in [-0.05, 0) is 24.3 Å². The number of halogens is 1. The van der Waals surface area contributed by atoms with E-state index in [1.165, 1.54) is 6.07 Å². The highest BCUT2D eigenvalue weighted by molar-refractivity contribution is 6.29. The van der Waals surface area contributed by atoms with Gasteiger partial charge in [0, 0.05) is 11.6 Å². The van der Waals surface area contributed by atoms with Crippen molar-refractivity contribution in [3.8, 4) is 17.1 Å². The van der Waals surface area contributed by atoms with Crippen LogP contribution in [0.4, 0.5) is 0 Å². The molecule has 0 saturated heterocycles. The summed E-state index contributed by atoms with van der Waals surface area (Å²) in [6.45, 7) is 0. The van der Waals surface area contributed by atoms with Crippen molar-refractivity contribution >= 4 is 17.6 Å². The fourth-order valence-electron chi connectivity index (χ4n) is 1.40. The van der Waals surface area contributed by atoms with Gasteiger partial charge in [-0.1, -0.05) is 11.6 Å². The lowest BCUT2D eigenvalue weighted by Gasteiger charge is -2.04. The van der Waals surface area contributed by atoms with Gasteiger partial charge in [0.15, 0.2) is 11.5 Å². The van der Waals surface area contributed by atoms with Crippen molar-refractivity contribution in [2.24, 2.45) is 0 Å². The summed E-state index contributed by atoms with van der Waals surface area (Å²) in [5.74, 6) is -0.184. The molecule has 0 saturated carbocycles. The van der Waals surface area contributed by atoms with Gasteiger partial charge in [0.1, 0.15) is 10.9 Å². The summed E-state index contributed by atoms with van der Waals surface area (Å²) in [4.78, 5) is 18.8. The van der Waals surface area contributed by atoms with Crippen molar-refractivity contribution in [3.05, 3.63) is 41.2 Å². The van der Waals surface area contributed by atoms with Crippen molar-refractivity contribution in [2.75, 3.05) is 7.11 Å². The molecule has 0 bridgehead atoms. The minimum Gasteiger partial charge on any atom is -0.497 e. The predicted molar refractivity (Wildman–Crippen MR) is 66.0 cm³/mol. The normalized spacial score (nSPS) is 10.1. The Morgan fingerprint density at radius 2 is 1.94 bits per heavy atom. The van der Waals surface area contributed by atoms with Gasteiger partial charge in [0.2, 0.25) is 0 Å². The Labute approximate surface area is 108 Å². The molecule has 0 aliphatic carbocycles. The maximum Gasteiger partial charge on any atom is 0.354 e. The van der Waals surface area contributed by atoms with E-state index in [9.17, 15) is 4.79 Å². The third kappa shape index (κ3) is 2.57. The zero-order valence-corrected chi connectivity index (χ0v) is 10.2. The Morgan fingerprint density at radius 3 is 2.50 bits per heavy atom. The van der Waals surface area contributed by atoms with Crippen LogP contribution in [0.3, 0.4) is 0 Å². The van der Waals surface area contributed by atoms with Crippen LogP contribution in [0.15, 0.2) is 30.3 Å². The molecule has 0 amide bonds. The summed E-state index contributed by atoms with van der Waals surface area (Å²) in [5, 5.41) is 8.98. The van der Waals surface area contributed by atoms with Gasteiger partial charge in [-0.2, -0.15) is 0 Å². The van der Waals surface area contributed by atoms with E-state index in [1.54, 1.807) is 31.4 Å². The summed E-state index contributed by atoms with van der Waals surface area (Å²) < 4.78 is 5.03. The maximum atomic E-state index is 10.9. The Hall–Kier alpha value is -2.14. The third-order valence-electron chi connectivity index (χ3n) is 2.26. The molecular formula is C12H9ClN2O3. The number of hydrogen-bond donors (Lipinski definition) is 1. The first-order valence-corrected chi connectivity index (χ1v) is 5.40. The minimum absolute atomic E-state index is 0.0909. The first kappa shape index (κ1) is 12.3. The summed E-state index contributed by atoms with van der Waals surface area (Å²) in [7, 11) is 1.56. The van der Waals surface area contributed by atoms with E-state index < -0.39 is 5.97 Å². The van der Waals surface area contributed by atoms with Crippen molar-refractivity contribution in [1.82, 2.24) is 9.97 Å². The number of nitrogens with zero attached hydrogens (tertiary/aromatic N) is 2. The number of carbonyl (C=O) groups is 1. The van der Waals surface area contributed by atoms with Crippen LogP contribution in [-0.2, 0) is 0 Å². The first-order valence-electron chi connectivity index (χ1n) is 5.02. The average molecular weight is 265 g/mol. The Bertz CT molecular complexity index is 584. The van der Waals surface area contributed by atoms with Gasteiger partial charge in [0.05, 0.1) is 7.11 Å². The highest BCUT2D eigenvalue weighted by atomic mass is 35.5. The van der Waals surface area contributed by atoms with E-state index in [1.807, 2.05) is 0 Å². The summed E-state index contributed by atoms with van der Waals surface area (Å²) in [6, 6.07) is 8.14. The zero-order valence-electron chi connectivity index (χ0n) is 9.42. The van der Waals surface area contributed by atoms with Crippen LogP contribution < -0.4 is 4.74 Å². The maximum absolute atomic E-state index is 10.9. The van der Waals surface area contributed by atoms with Crippen LogP contribution in [0.5, 0.6) is 5.75 Å². The number of methoxy groups -OCH3 is 1. The fraction of sp³-hybridized carbons (Fsp3) is 0.0833. The molecule has 1 aromatic carbocycles. The second-order valence-electron chi connectivity index (χ2n) is 3.43. The summed E-state index contributed by atoms with van der Waals surface area (Å²) >= 11 is 5.76. The molecular weight excluding hydrogens is 256 g/mol. The van der Waals surface area contributed by atoms with E-state index >= 15 is 0 Å². The number of ether oxygens (including phenoxy) is 1. The highest BCUT2D eigenvalue weighted by Gasteiger charge is 2.10. The molecule has 18 heavy (non-hydrogen) atoms. The number of benzene rings is 1.